The van der Waals surface area contributed by atoms with Gasteiger partial charge in [-0.2, -0.15) is 23.4 Å². The molecular weight excluding hydrogens is 487 g/mol. The zero-order chi connectivity index (χ0) is 25.8. The van der Waals surface area contributed by atoms with Gasteiger partial charge < -0.3 is 15.2 Å². The molecule has 1 aromatic carbocycles. The van der Waals surface area contributed by atoms with Gasteiger partial charge in [0.25, 0.3) is 11.8 Å². The number of carbonyl (C=O) groups is 2. The van der Waals surface area contributed by atoms with Gasteiger partial charge in [0, 0.05) is 26.3 Å². The van der Waals surface area contributed by atoms with Crippen LogP contribution in [0.15, 0.2) is 41.5 Å². The summed E-state index contributed by atoms with van der Waals surface area (Å²) in [7, 11) is 3.04. The summed E-state index contributed by atoms with van der Waals surface area (Å²) in [6.45, 7) is 2.20. The van der Waals surface area contributed by atoms with Gasteiger partial charge in [0.1, 0.15) is 5.69 Å². The van der Waals surface area contributed by atoms with Gasteiger partial charge in [0.05, 0.1) is 27.6 Å². The number of aromatic nitrogens is 2. The number of thiophene rings is 1. The van der Waals surface area contributed by atoms with E-state index in [9.17, 15) is 27.9 Å². The Hall–Kier alpha value is -3.71. The van der Waals surface area contributed by atoms with Crippen LogP contribution in [-0.4, -0.2) is 52.7 Å². The first-order chi connectivity index (χ1) is 16.5. The predicted molar refractivity (Wildman–Crippen MR) is 124 cm³/mol. The molecule has 186 valence electrons. The highest BCUT2D eigenvalue weighted by atomic mass is 32.1. The summed E-state index contributed by atoms with van der Waals surface area (Å²) < 4.78 is 44.7. The number of nitrogens with zero attached hydrogens (tertiary/aromatic N) is 3. The first-order valence-corrected chi connectivity index (χ1v) is 11.0. The maximum Gasteiger partial charge on any atom is 0.416 e. The zero-order valence-electron chi connectivity index (χ0n) is 18.9. The van der Waals surface area contributed by atoms with E-state index in [1.54, 1.807) is 0 Å². The lowest BCUT2D eigenvalue weighted by Gasteiger charge is -2.08. The van der Waals surface area contributed by atoms with Crippen LogP contribution in [-0.2, 0) is 18.0 Å². The minimum Gasteiger partial charge on any atom is -0.504 e. The molecule has 0 fully saturated rings. The average Bonchev–Trinajstić information content (AvgIpc) is 3.42. The number of hydrogen-bond acceptors (Lipinski definition) is 7. The van der Waals surface area contributed by atoms with Crippen LogP contribution in [0.3, 0.4) is 0 Å². The number of amides is 2. The first-order valence-electron chi connectivity index (χ1n) is 10.2. The molecule has 0 aliphatic heterocycles. The molecule has 13 heteroatoms. The van der Waals surface area contributed by atoms with E-state index in [1.165, 1.54) is 50.0 Å². The predicted octanol–water partition coefficient (Wildman–Crippen LogP) is 3.40. The highest BCUT2D eigenvalue weighted by Gasteiger charge is 2.30. The number of ether oxygens (including phenoxy) is 1. The fraction of sp³-hybridized carbons (Fsp3) is 0.273. The number of benzene rings is 1. The minimum atomic E-state index is -4.48. The van der Waals surface area contributed by atoms with E-state index in [4.69, 9.17) is 4.74 Å². The van der Waals surface area contributed by atoms with E-state index in [-0.39, 0.29) is 33.6 Å². The molecule has 2 amide bonds. The van der Waals surface area contributed by atoms with Crippen molar-refractivity contribution < 1.29 is 32.6 Å². The third kappa shape index (κ3) is 6.05. The topological polar surface area (TPSA) is 118 Å². The highest BCUT2D eigenvalue weighted by molar-refractivity contribution is 7.15. The lowest BCUT2D eigenvalue weighted by atomic mass is 10.1. The third-order valence-corrected chi connectivity index (χ3v) is 5.90. The standard InChI is InChI=1S/C22H22F3N5O4S/c1-12(27-28-21(33)16-9-8-15(35-16)20(32)26-10-11-34-3)17-19(31)18(30(2)29-17)13-4-6-14(7-5-13)22(23,24)25/h4-9,31H,10-11H2,1-3H3,(H,26,32)(H,28,33)/b27-12+. The molecule has 35 heavy (non-hydrogen) atoms. The fourth-order valence-corrected chi connectivity index (χ4v) is 3.89. The van der Waals surface area contributed by atoms with Crippen LogP contribution < -0.4 is 10.7 Å². The summed E-state index contributed by atoms with van der Waals surface area (Å²) in [6, 6.07) is 7.29. The van der Waals surface area contributed by atoms with Gasteiger partial charge in [0.2, 0.25) is 0 Å². The molecule has 0 unspecified atom stereocenters. The summed E-state index contributed by atoms with van der Waals surface area (Å²) in [5.74, 6) is -1.20. The van der Waals surface area contributed by atoms with Crippen LogP contribution >= 0.6 is 11.3 Å². The molecule has 0 saturated heterocycles. The number of carbonyl (C=O) groups excluding carboxylic acids is 2. The minimum absolute atomic E-state index is 0.0482. The van der Waals surface area contributed by atoms with Crippen LogP contribution in [0.1, 0.15) is 37.5 Å². The second-order valence-corrected chi connectivity index (χ2v) is 8.38. The maximum atomic E-state index is 12.8. The van der Waals surface area contributed by atoms with Crippen LogP contribution in [0.4, 0.5) is 13.2 Å². The Morgan fingerprint density at radius 1 is 1.14 bits per heavy atom. The van der Waals surface area contributed by atoms with E-state index in [2.05, 4.69) is 20.9 Å². The summed E-state index contributed by atoms with van der Waals surface area (Å²) in [6.07, 6.45) is -4.48. The van der Waals surface area contributed by atoms with Crippen molar-refractivity contribution in [3.63, 3.8) is 0 Å². The number of nitrogens with one attached hydrogen (secondary N) is 2. The quantitative estimate of drug-likeness (QED) is 0.244. The van der Waals surface area contributed by atoms with Crippen molar-refractivity contribution in [3.8, 4) is 17.0 Å². The van der Waals surface area contributed by atoms with E-state index in [1.807, 2.05) is 0 Å². The average molecular weight is 510 g/mol. The second-order valence-electron chi connectivity index (χ2n) is 7.30. The molecule has 0 atom stereocenters. The summed E-state index contributed by atoms with van der Waals surface area (Å²) in [4.78, 5) is 25.1. The molecule has 3 aromatic rings. The first kappa shape index (κ1) is 25.9. The summed E-state index contributed by atoms with van der Waals surface area (Å²) in [5.41, 5.74) is 2.26. The number of hydrazone groups is 1. The largest absolute Gasteiger partial charge is 0.504 e. The van der Waals surface area contributed by atoms with Gasteiger partial charge in [-0.1, -0.05) is 12.1 Å². The van der Waals surface area contributed by atoms with Crippen molar-refractivity contribution in [2.75, 3.05) is 20.3 Å². The summed E-state index contributed by atoms with van der Waals surface area (Å²) >= 11 is 0.981. The molecule has 0 aliphatic rings. The smallest absolute Gasteiger partial charge is 0.416 e. The summed E-state index contributed by atoms with van der Waals surface area (Å²) in [5, 5.41) is 21.4. The number of hydrogen-bond donors (Lipinski definition) is 3. The molecule has 2 aromatic heterocycles. The lowest BCUT2D eigenvalue weighted by molar-refractivity contribution is -0.137. The number of alkyl halides is 3. The van der Waals surface area contributed by atoms with E-state index in [0.717, 1.165) is 23.5 Å². The Balaban J connectivity index is 1.73. The van der Waals surface area contributed by atoms with Crippen LogP contribution in [0, 0.1) is 0 Å². The monoisotopic (exact) mass is 509 g/mol. The SMILES string of the molecule is COCCNC(=O)c1ccc(C(=O)N/N=C(\C)c2nn(C)c(-c3ccc(C(F)(F)F)cc3)c2O)s1. The van der Waals surface area contributed by atoms with Crippen molar-refractivity contribution >= 4 is 28.9 Å². The zero-order valence-corrected chi connectivity index (χ0v) is 19.8. The van der Waals surface area contributed by atoms with Crippen LogP contribution in [0.2, 0.25) is 0 Å². The van der Waals surface area contributed by atoms with Crippen LogP contribution in [0.5, 0.6) is 5.75 Å². The van der Waals surface area contributed by atoms with Gasteiger partial charge in [-0.25, -0.2) is 5.43 Å². The van der Waals surface area contributed by atoms with Gasteiger partial charge >= 0.3 is 6.18 Å². The normalized spacial score (nSPS) is 12.0. The third-order valence-electron chi connectivity index (χ3n) is 4.82. The number of methoxy groups -OCH3 is 1. The van der Waals surface area contributed by atoms with Crippen molar-refractivity contribution in [3.05, 3.63) is 57.4 Å². The van der Waals surface area contributed by atoms with Crippen molar-refractivity contribution in [1.29, 1.82) is 0 Å². The molecule has 2 heterocycles. The Morgan fingerprint density at radius 2 is 1.77 bits per heavy atom. The van der Waals surface area contributed by atoms with Crippen molar-refractivity contribution in [2.24, 2.45) is 12.1 Å². The number of aryl methyl sites for hydroxylation is 1. The fourth-order valence-electron chi connectivity index (χ4n) is 3.08. The second kappa shape index (κ2) is 10.7. The number of halogens is 3. The molecule has 3 rings (SSSR count). The Morgan fingerprint density at radius 3 is 2.37 bits per heavy atom. The van der Waals surface area contributed by atoms with Crippen molar-refractivity contribution in [1.82, 2.24) is 20.5 Å². The Kier molecular flexibility index (Phi) is 7.92. The Labute approximate surface area is 202 Å². The number of rotatable bonds is 8. The molecule has 0 radical (unpaired) electrons. The van der Waals surface area contributed by atoms with Gasteiger partial charge in [-0.3, -0.25) is 14.3 Å². The van der Waals surface area contributed by atoms with Crippen molar-refractivity contribution in [2.45, 2.75) is 13.1 Å². The van der Waals surface area contributed by atoms with E-state index in [0.29, 0.717) is 23.6 Å². The molecule has 0 spiro atoms. The maximum absolute atomic E-state index is 12.8. The molecule has 0 saturated carbocycles. The van der Waals surface area contributed by atoms with Gasteiger partial charge in [0.15, 0.2) is 11.4 Å². The van der Waals surface area contributed by atoms with Crippen LogP contribution in [0.25, 0.3) is 11.3 Å². The number of aromatic hydroxyl groups is 1. The highest BCUT2D eigenvalue weighted by Crippen LogP contribution is 2.35. The Bertz CT molecular complexity index is 1250. The lowest BCUT2D eigenvalue weighted by Crippen LogP contribution is -2.26. The molecule has 9 nitrogen and oxygen atoms in total. The van der Waals surface area contributed by atoms with E-state index >= 15 is 0 Å². The molecular formula is C22H22F3N5O4S. The van der Waals surface area contributed by atoms with Gasteiger partial charge in [-0.05, 0) is 31.2 Å². The molecule has 0 aliphatic carbocycles. The molecule has 3 N–H and O–H groups in total. The van der Waals surface area contributed by atoms with E-state index < -0.39 is 17.6 Å². The van der Waals surface area contributed by atoms with Gasteiger partial charge in [-0.15, -0.1) is 11.3 Å². The molecule has 0 bridgehead atoms.